The Morgan fingerprint density at radius 2 is 2.29 bits per heavy atom. The summed E-state index contributed by atoms with van der Waals surface area (Å²) < 4.78 is 18.9. The van der Waals surface area contributed by atoms with Crippen molar-refractivity contribution in [3.05, 3.63) is 34.1 Å². The minimum absolute atomic E-state index is 0.129. The summed E-state index contributed by atoms with van der Waals surface area (Å²) in [5.74, 6) is -0.353. The Labute approximate surface area is 108 Å². The van der Waals surface area contributed by atoms with Crippen LogP contribution in [-0.2, 0) is 11.3 Å². The summed E-state index contributed by atoms with van der Waals surface area (Å²) >= 11 is 3.17. The van der Waals surface area contributed by atoms with Gasteiger partial charge >= 0.3 is 6.09 Å². The van der Waals surface area contributed by atoms with E-state index >= 15 is 0 Å². The SMILES string of the molecule is CCCCOC(=O)NCc1ccc(Br)cc1F. The van der Waals surface area contributed by atoms with Crippen molar-refractivity contribution in [1.29, 1.82) is 0 Å². The number of carbonyl (C=O) groups is 1. The molecular weight excluding hydrogens is 289 g/mol. The third kappa shape index (κ3) is 5.17. The molecule has 1 aromatic carbocycles. The maximum Gasteiger partial charge on any atom is 0.407 e. The average molecular weight is 304 g/mol. The standard InChI is InChI=1S/C12H15BrFNO2/c1-2-3-6-17-12(16)15-8-9-4-5-10(13)7-11(9)14/h4-5,7H,2-3,6,8H2,1H3,(H,15,16). The van der Waals surface area contributed by atoms with Gasteiger partial charge in [0.2, 0.25) is 0 Å². The first kappa shape index (κ1) is 14.0. The number of carbonyl (C=O) groups excluding carboxylic acids is 1. The van der Waals surface area contributed by atoms with Crippen molar-refractivity contribution in [1.82, 2.24) is 5.32 Å². The summed E-state index contributed by atoms with van der Waals surface area (Å²) in [6.45, 7) is 2.54. The molecule has 0 aliphatic rings. The topological polar surface area (TPSA) is 38.3 Å². The van der Waals surface area contributed by atoms with Crippen molar-refractivity contribution in [2.45, 2.75) is 26.3 Å². The summed E-state index contributed by atoms with van der Waals surface area (Å²) in [5.41, 5.74) is 0.431. The third-order valence-electron chi connectivity index (χ3n) is 2.17. The van der Waals surface area contributed by atoms with Crippen LogP contribution in [0.2, 0.25) is 0 Å². The van der Waals surface area contributed by atoms with Crippen LogP contribution < -0.4 is 5.32 Å². The molecule has 0 aliphatic heterocycles. The molecule has 0 bridgehead atoms. The molecule has 0 spiro atoms. The van der Waals surface area contributed by atoms with Gasteiger partial charge in [0.25, 0.3) is 0 Å². The van der Waals surface area contributed by atoms with Gasteiger partial charge in [-0.05, 0) is 18.6 Å². The molecule has 0 aliphatic carbocycles. The van der Waals surface area contributed by atoms with E-state index < -0.39 is 6.09 Å². The molecule has 0 heterocycles. The van der Waals surface area contributed by atoms with Gasteiger partial charge in [0, 0.05) is 16.6 Å². The number of alkyl carbamates (subject to hydrolysis) is 1. The van der Waals surface area contributed by atoms with Gasteiger partial charge < -0.3 is 10.1 Å². The maximum atomic E-state index is 13.4. The van der Waals surface area contributed by atoms with E-state index in [9.17, 15) is 9.18 Å². The first-order valence-electron chi connectivity index (χ1n) is 5.48. The van der Waals surface area contributed by atoms with Crippen molar-refractivity contribution >= 4 is 22.0 Å². The van der Waals surface area contributed by atoms with Crippen LogP contribution in [0, 0.1) is 5.82 Å². The zero-order chi connectivity index (χ0) is 12.7. The average Bonchev–Trinajstić information content (AvgIpc) is 2.28. The zero-order valence-corrected chi connectivity index (χ0v) is 11.2. The minimum Gasteiger partial charge on any atom is -0.450 e. The number of rotatable bonds is 5. The lowest BCUT2D eigenvalue weighted by Gasteiger charge is -2.07. The molecule has 0 saturated heterocycles. The van der Waals surface area contributed by atoms with Crippen LogP contribution in [0.4, 0.5) is 9.18 Å². The molecule has 0 saturated carbocycles. The molecule has 3 nitrogen and oxygen atoms in total. The number of benzene rings is 1. The zero-order valence-electron chi connectivity index (χ0n) is 9.63. The highest BCUT2D eigenvalue weighted by atomic mass is 79.9. The summed E-state index contributed by atoms with van der Waals surface area (Å²) in [4.78, 5) is 11.2. The first-order valence-corrected chi connectivity index (χ1v) is 6.27. The molecule has 1 N–H and O–H groups in total. The number of amides is 1. The Kier molecular flexibility index (Phi) is 5.97. The van der Waals surface area contributed by atoms with E-state index in [0.29, 0.717) is 16.6 Å². The van der Waals surface area contributed by atoms with E-state index in [0.717, 1.165) is 12.8 Å². The van der Waals surface area contributed by atoms with E-state index in [4.69, 9.17) is 4.74 Å². The van der Waals surface area contributed by atoms with Gasteiger partial charge in [-0.1, -0.05) is 35.3 Å². The van der Waals surface area contributed by atoms with E-state index in [2.05, 4.69) is 21.2 Å². The molecule has 0 unspecified atom stereocenters. The molecule has 1 rings (SSSR count). The molecule has 1 amide bonds. The molecular formula is C12H15BrFNO2. The lowest BCUT2D eigenvalue weighted by Crippen LogP contribution is -2.24. The minimum atomic E-state index is -0.513. The van der Waals surface area contributed by atoms with Crippen molar-refractivity contribution < 1.29 is 13.9 Å². The van der Waals surface area contributed by atoms with Gasteiger partial charge in [-0.25, -0.2) is 9.18 Å². The fourth-order valence-electron chi connectivity index (χ4n) is 1.19. The largest absolute Gasteiger partial charge is 0.450 e. The molecule has 17 heavy (non-hydrogen) atoms. The van der Waals surface area contributed by atoms with Gasteiger partial charge in [0.05, 0.1) is 6.61 Å². The monoisotopic (exact) mass is 303 g/mol. The van der Waals surface area contributed by atoms with Gasteiger partial charge in [-0.3, -0.25) is 0 Å². The number of nitrogens with one attached hydrogen (secondary N) is 1. The van der Waals surface area contributed by atoms with Crippen LogP contribution in [0.1, 0.15) is 25.3 Å². The van der Waals surface area contributed by atoms with E-state index in [1.165, 1.54) is 6.07 Å². The van der Waals surface area contributed by atoms with Crippen LogP contribution in [0.25, 0.3) is 0 Å². The Balaban J connectivity index is 2.37. The third-order valence-corrected chi connectivity index (χ3v) is 2.66. The number of unbranched alkanes of at least 4 members (excludes halogenated alkanes) is 1. The second kappa shape index (κ2) is 7.27. The number of hydrogen-bond acceptors (Lipinski definition) is 2. The molecule has 94 valence electrons. The highest BCUT2D eigenvalue weighted by Gasteiger charge is 2.05. The Hall–Kier alpha value is -1.10. The van der Waals surface area contributed by atoms with Gasteiger partial charge in [-0.2, -0.15) is 0 Å². The molecule has 1 aromatic rings. The van der Waals surface area contributed by atoms with Crippen LogP contribution in [0.3, 0.4) is 0 Å². The van der Waals surface area contributed by atoms with Crippen LogP contribution in [-0.4, -0.2) is 12.7 Å². The lowest BCUT2D eigenvalue weighted by molar-refractivity contribution is 0.144. The summed E-state index contributed by atoms with van der Waals surface area (Å²) in [7, 11) is 0. The molecule has 5 heteroatoms. The summed E-state index contributed by atoms with van der Waals surface area (Å²) in [5, 5.41) is 2.50. The van der Waals surface area contributed by atoms with E-state index in [1.54, 1.807) is 12.1 Å². The van der Waals surface area contributed by atoms with Crippen LogP contribution >= 0.6 is 15.9 Å². The Morgan fingerprint density at radius 3 is 2.94 bits per heavy atom. The molecule has 0 fully saturated rings. The summed E-state index contributed by atoms with van der Waals surface area (Å²) in [6.07, 6.45) is 1.29. The van der Waals surface area contributed by atoms with Crippen molar-refractivity contribution in [2.24, 2.45) is 0 Å². The smallest absolute Gasteiger partial charge is 0.407 e. The Morgan fingerprint density at radius 1 is 1.53 bits per heavy atom. The van der Waals surface area contributed by atoms with Gasteiger partial charge in [0.1, 0.15) is 5.82 Å². The second-order valence-electron chi connectivity index (χ2n) is 3.58. The fourth-order valence-corrected chi connectivity index (χ4v) is 1.53. The van der Waals surface area contributed by atoms with Crippen molar-refractivity contribution in [2.75, 3.05) is 6.61 Å². The normalized spacial score (nSPS) is 10.1. The molecule has 0 atom stereocenters. The quantitative estimate of drug-likeness (QED) is 0.844. The number of ether oxygens (including phenoxy) is 1. The lowest BCUT2D eigenvalue weighted by atomic mass is 10.2. The van der Waals surface area contributed by atoms with Crippen LogP contribution in [0.15, 0.2) is 22.7 Å². The van der Waals surface area contributed by atoms with Gasteiger partial charge in [-0.15, -0.1) is 0 Å². The van der Waals surface area contributed by atoms with Crippen molar-refractivity contribution in [3.63, 3.8) is 0 Å². The second-order valence-corrected chi connectivity index (χ2v) is 4.49. The fraction of sp³-hybridized carbons (Fsp3) is 0.417. The maximum absolute atomic E-state index is 13.4. The highest BCUT2D eigenvalue weighted by Crippen LogP contribution is 2.14. The predicted octanol–water partition coefficient (Wildman–Crippen LogP) is 3.61. The van der Waals surface area contributed by atoms with Gasteiger partial charge in [0.15, 0.2) is 0 Å². The first-order chi connectivity index (χ1) is 8.13. The van der Waals surface area contributed by atoms with Crippen molar-refractivity contribution in [3.8, 4) is 0 Å². The number of hydrogen-bond donors (Lipinski definition) is 1. The molecule has 0 radical (unpaired) electrons. The summed E-state index contributed by atoms with van der Waals surface area (Å²) in [6, 6.07) is 4.70. The number of halogens is 2. The highest BCUT2D eigenvalue weighted by molar-refractivity contribution is 9.10. The Bertz CT molecular complexity index is 385. The van der Waals surface area contributed by atoms with E-state index in [-0.39, 0.29) is 12.4 Å². The molecule has 0 aromatic heterocycles. The predicted molar refractivity (Wildman–Crippen MR) is 67.2 cm³/mol. The van der Waals surface area contributed by atoms with Crippen LogP contribution in [0.5, 0.6) is 0 Å². The van der Waals surface area contributed by atoms with E-state index in [1.807, 2.05) is 6.92 Å².